The van der Waals surface area contributed by atoms with Gasteiger partial charge in [-0.15, -0.1) is 11.3 Å². The minimum absolute atomic E-state index is 0.199. The van der Waals surface area contributed by atoms with E-state index in [1.165, 1.54) is 10.3 Å². The molecule has 2 aliphatic heterocycles. The summed E-state index contributed by atoms with van der Waals surface area (Å²) < 4.78 is 3.03. The first-order valence-corrected chi connectivity index (χ1v) is 12.3. The fourth-order valence-electron chi connectivity index (χ4n) is 5.59. The van der Waals surface area contributed by atoms with Crippen LogP contribution < -0.4 is 5.32 Å². The average molecular weight is 449 g/mol. The number of H-pyrrole nitrogens is 1. The highest BCUT2D eigenvalue weighted by Crippen LogP contribution is 2.41. The van der Waals surface area contributed by atoms with Gasteiger partial charge >= 0.3 is 0 Å². The van der Waals surface area contributed by atoms with Gasteiger partial charge in [-0.25, -0.2) is 9.50 Å². The Morgan fingerprint density at radius 3 is 3.00 bits per heavy atom. The van der Waals surface area contributed by atoms with Crippen LogP contribution in [0.15, 0.2) is 24.7 Å². The highest BCUT2D eigenvalue weighted by Gasteiger charge is 2.39. The maximum absolute atomic E-state index is 13.5. The van der Waals surface area contributed by atoms with Gasteiger partial charge in [0.15, 0.2) is 5.65 Å². The molecule has 2 N–H and O–H groups in total. The molecule has 0 aliphatic carbocycles. The van der Waals surface area contributed by atoms with Gasteiger partial charge < -0.3 is 15.2 Å². The first-order chi connectivity index (χ1) is 15.5. The summed E-state index contributed by atoms with van der Waals surface area (Å²) in [6.07, 6.45) is 5.79. The van der Waals surface area contributed by atoms with E-state index in [0.717, 1.165) is 65.3 Å². The van der Waals surface area contributed by atoms with Gasteiger partial charge in [0, 0.05) is 24.3 Å². The zero-order valence-corrected chi connectivity index (χ0v) is 19.5. The number of rotatable bonds is 3. The van der Waals surface area contributed by atoms with Gasteiger partial charge in [-0.05, 0) is 68.0 Å². The number of carbonyl (C=O) groups is 1. The second-order valence-electron chi connectivity index (χ2n) is 9.47. The Hall–Kier alpha value is -2.71. The normalized spacial score (nSPS) is 21.2. The number of hydrogen-bond donors (Lipinski definition) is 2. The van der Waals surface area contributed by atoms with E-state index < -0.39 is 0 Å². The summed E-state index contributed by atoms with van der Waals surface area (Å²) in [6, 6.07) is 4.62. The number of thiophene rings is 1. The molecule has 7 nitrogen and oxygen atoms in total. The van der Waals surface area contributed by atoms with Crippen molar-refractivity contribution in [2.45, 2.75) is 45.6 Å². The summed E-state index contributed by atoms with van der Waals surface area (Å²) in [5, 5.41) is 7.81. The van der Waals surface area contributed by atoms with E-state index in [2.05, 4.69) is 58.2 Å². The smallest absolute Gasteiger partial charge is 0.264 e. The summed E-state index contributed by atoms with van der Waals surface area (Å²) in [6.45, 7) is 9.42. The number of piperidine rings is 1. The number of amides is 1. The number of aromatic nitrogens is 4. The number of nitrogens with zero attached hydrogens (tertiary/aromatic N) is 4. The van der Waals surface area contributed by atoms with Crippen LogP contribution in [0.4, 0.5) is 0 Å². The van der Waals surface area contributed by atoms with Gasteiger partial charge in [0.05, 0.1) is 20.8 Å². The lowest BCUT2D eigenvalue weighted by atomic mass is 9.94. The third-order valence-electron chi connectivity index (χ3n) is 7.11. The summed E-state index contributed by atoms with van der Waals surface area (Å²) in [5.41, 5.74) is 6.49. The molecule has 32 heavy (non-hydrogen) atoms. The molecule has 6 heterocycles. The number of aryl methyl sites for hydroxylation is 1. The molecule has 1 amide bonds. The van der Waals surface area contributed by atoms with Crippen molar-refractivity contribution in [1.29, 1.82) is 0 Å². The minimum Gasteiger partial charge on any atom is -0.354 e. The Morgan fingerprint density at radius 2 is 2.16 bits per heavy atom. The molecule has 8 heteroatoms. The van der Waals surface area contributed by atoms with Crippen molar-refractivity contribution < 1.29 is 4.79 Å². The van der Waals surface area contributed by atoms with Gasteiger partial charge in [-0.2, -0.15) is 5.10 Å². The van der Waals surface area contributed by atoms with Crippen molar-refractivity contribution in [3.05, 3.63) is 40.7 Å². The zero-order valence-electron chi connectivity index (χ0n) is 18.7. The van der Waals surface area contributed by atoms with Crippen molar-refractivity contribution >= 4 is 33.1 Å². The van der Waals surface area contributed by atoms with Crippen LogP contribution in [0.2, 0.25) is 0 Å². The van der Waals surface area contributed by atoms with Crippen LogP contribution in [0.5, 0.6) is 0 Å². The van der Waals surface area contributed by atoms with Crippen molar-refractivity contribution in [3.8, 4) is 11.3 Å². The highest BCUT2D eigenvalue weighted by molar-refractivity contribution is 7.21. The number of pyridine rings is 1. The van der Waals surface area contributed by atoms with Crippen LogP contribution in [0, 0.1) is 12.8 Å². The topological polar surface area (TPSA) is 78.3 Å². The molecule has 4 aromatic heterocycles. The molecule has 0 spiro atoms. The molecule has 166 valence electrons. The summed E-state index contributed by atoms with van der Waals surface area (Å²) in [4.78, 5) is 24.4. The molecule has 0 aromatic carbocycles. The van der Waals surface area contributed by atoms with Crippen LogP contribution >= 0.6 is 11.3 Å². The molecule has 0 saturated carbocycles. The minimum atomic E-state index is 0.199. The van der Waals surface area contributed by atoms with Gasteiger partial charge in [-0.3, -0.25) is 4.79 Å². The second-order valence-corrected chi connectivity index (χ2v) is 10.5. The van der Waals surface area contributed by atoms with E-state index in [1.54, 1.807) is 17.7 Å². The molecule has 2 fully saturated rings. The van der Waals surface area contributed by atoms with E-state index in [4.69, 9.17) is 0 Å². The predicted molar refractivity (Wildman–Crippen MR) is 127 cm³/mol. The van der Waals surface area contributed by atoms with Crippen molar-refractivity contribution in [1.82, 2.24) is 29.8 Å². The Morgan fingerprint density at radius 1 is 1.28 bits per heavy atom. The van der Waals surface area contributed by atoms with Crippen LogP contribution in [-0.2, 0) is 0 Å². The Bertz CT molecular complexity index is 1330. The van der Waals surface area contributed by atoms with Gasteiger partial charge in [0.1, 0.15) is 6.33 Å². The van der Waals surface area contributed by atoms with Gasteiger partial charge in [-0.1, -0.05) is 13.8 Å². The van der Waals surface area contributed by atoms with Gasteiger partial charge in [0.2, 0.25) is 0 Å². The Labute approximate surface area is 190 Å². The van der Waals surface area contributed by atoms with Crippen molar-refractivity contribution in [2.24, 2.45) is 5.92 Å². The fraction of sp³-hybridized carbons (Fsp3) is 0.458. The maximum Gasteiger partial charge on any atom is 0.264 e. The number of hydrogen-bond acceptors (Lipinski definition) is 5. The number of nitrogens with one attached hydrogen (secondary N) is 2. The first kappa shape index (κ1) is 19.9. The van der Waals surface area contributed by atoms with Crippen LogP contribution in [0.25, 0.3) is 27.1 Å². The van der Waals surface area contributed by atoms with Crippen molar-refractivity contribution in [2.75, 3.05) is 19.6 Å². The standard InChI is InChI=1S/C24H28N6OS/c1-13(2)20-21(16-8-14(3)23-26-12-27-30(23)11-16)28-17-9-19(32-22(17)20)24(31)29-7-5-15-10-25-6-4-18(15)29/h8-9,11-13,15,18,25,28H,4-7,10H2,1-3H3. The Balaban J connectivity index is 1.40. The maximum atomic E-state index is 13.5. The molecule has 0 bridgehead atoms. The number of aromatic amines is 1. The first-order valence-electron chi connectivity index (χ1n) is 11.5. The molecule has 0 radical (unpaired) electrons. The van der Waals surface area contributed by atoms with E-state index in [-0.39, 0.29) is 5.91 Å². The lowest BCUT2D eigenvalue weighted by molar-refractivity contribution is 0.0702. The molecular weight excluding hydrogens is 420 g/mol. The zero-order chi connectivity index (χ0) is 22.0. The number of carbonyl (C=O) groups excluding carboxylic acids is 1. The van der Waals surface area contributed by atoms with E-state index in [0.29, 0.717) is 17.9 Å². The SMILES string of the molecule is Cc1cc(-c2[nH]c3cc(C(=O)N4CCC5CNCCC54)sc3c2C(C)C)cn2ncnc12. The van der Waals surface area contributed by atoms with Crippen LogP contribution in [-0.4, -0.2) is 56.1 Å². The van der Waals surface area contributed by atoms with E-state index in [1.807, 2.05) is 10.7 Å². The molecule has 2 atom stereocenters. The van der Waals surface area contributed by atoms with Gasteiger partial charge in [0.25, 0.3) is 5.91 Å². The van der Waals surface area contributed by atoms with Crippen molar-refractivity contribution in [3.63, 3.8) is 0 Å². The third-order valence-corrected chi connectivity index (χ3v) is 8.27. The Kier molecular flexibility index (Phi) is 4.62. The lowest BCUT2D eigenvalue weighted by Gasteiger charge is -2.31. The number of likely N-dealkylation sites (tertiary alicyclic amines) is 1. The molecule has 4 aromatic rings. The largest absolute Gasteiger partial charge is 0.354 e. The van der Waals surface area contributed by atoms with Crippen LogP contribution in [0.1, 0.15) is 53.4 Å². The summed E-state index contributed by atoms with van der Waals surface area (Å²) in [7, 11) is 0. The molecule has 6 rings (SSSR count). The molecule has 2 saturated heterocycles. The highest BCUT2D eigenvalue weighted by atomic mass is 32.1. The summed E-state index contributed by atoms with van der Waals surface area (Å²) >= 11 is 1.64. The molecular formula is C24H28N6OS. The number of fused-ring (bicyclic) bond motifs is 3. The average Bonchev–Trinajstić information content (AvgIpc) is 3.53. The van der Waals surface area contributed by atoms with E-state index in [9.17, 15) is 4.79 Å². The predicted octanol–water partition coefficient (Wildman–Crippen LogP) is 4.19. The lowest BCUT2D eigenvalue weighted by Crippen LogP contribution is -2.45. The second kappa shape index (κ2) is 7.42. The summed E-state index contributed by atoms with van der Waals surface area (Å²) in [5.74, 6) is 1.13. The fourth-order valence-corrected chi connectivity index (χ4v) is 6.86. The van der Waals surface area contributed by atoms with E-state index >= 15 is 0 Å². The third kappa shape index (κ3) is 3.00. The molecule has 2 aliphatic rings. The molecule has 2 unspecified atom stereocenters. The monoisotopic (exact) mass is 448 g/mol. The van der Waals surface area contributed by atoms with Crippen LogP contribution in [0.3, 0.4) is 0 Å². The quantitative estimate of drug-likeness (QED) is 0.493.